The standard InChI is InChI=1S/C18H21N3O5/c1-2-26-15-9-25-8-14(15)20-18(24)19-10-3-6-12-13(7-10)17(23)21(16(12)22)11-4-5-11/h3,6-7,11,14-15H,2,4-5,8-9H2,1H3,(H2,19,20,24)/t14-,15-/m0/s1. The van der Waals surface area contributed by atoms with Crippen molar-refractivity contribution in [3.05, 3.63) is 29.3 Å². The lowest BCUT2D eigenvalue weighted by Crippen LogP contribution is -2.45. The van der Waals surface area contributed by atoms with Gasteiger partial charge < -0.3 is 20.1 Å². The predicted octanol–water partition coefficient (Wildman–Crippen LogP) is 1.37. The quantitative estimate of drug-likeness (QED) is 0.774. The maximum absolute atomic E-state index is 12.5. The highest BCUT2D eigenvalue weighted by Crippen LogP contribution is 2.35. The molecule has 0 aromatic heterocycles. The first kappa shape index (κ1) is 17.0. The van der Waals surface area contributed by atoms with Crippen LogP contribution in [-0.2, 0) is 9.47 Å². The van der Waals surface area contributed by atoms with Crippen LogP contribution in [0.3, 0.4) is 0 Å². The van der Waals surface area contributed by atoms with Crippen molar-refractivity contribution in [2.45, 2.75) is 38.0 Å². The summed E-state index contributed by atoms with van der Waals surface area (Å²) in [6.07, 6.45) is 1.56. The third-order valence-corrected chi connectivity index (χ3v) is 4.81. The Morgan fingerprint density at radius 2 is 2.00 bits per heavy atom. The molecule has 0 unspecified atom stereocenters. The molecule has 2 heterocycles. The number of fused-ring (bicyclic) bond motifs is 1. The Morgan fingerprint density at radius 1 is 1.23 bits per heavy atom. The van der Waals surface area contributed by atoms with E-state index in [1.807, 2.05) is 6.92 Å². The summed E-state index contributed by atoms with van der Waals surface area (Å²) in [7, 11) is 0. The van der Waals surface area contributed by atoms with E-state index in [1.54, 1.807) is 18.2 Å². The summed E-state index contributed by atoms with van der Waals surface area (Å²) in [5.74, 6) is -0.525. The number of carbonyl (C=O) groups excluding carboxylic acids is 3. The average molecular weight is 359 g/mol. The van der Waals surface area contributed by atoms with Crippen molar-refractivity contribution < 1.29 is 23.9 Å². The van der Waals surface area contributed by atoms with Gasteiger partial charge in [-0.25, -0.2) is 4.79 Å². The van der Waals surface area contributed by atoms with Gasteiger partial charge in [0.05, 0.1) is 30.4 Å². The third kappa shape index (κ3) is 3.06. The maximum atomic E-state index is 12.5. The van der Waals surface area contributed by atoms with Gasteiger partial charge in [-0.3, -0.25) is 14.5 Å². The van der Waals surface area contributed by atoms with E-state index in [0.29, 0.717) is 36.6 Å². The third-order valence-electron chi connectivity index (χ3n) is 4.81. The highest BCUT2D eigenvalue weighted by molar-refractivity contribution is 6.22. The minimum atomic E-state index is -0.402. The Balaban J connectivity index is 1.43. The van der Waals surface area contributed by atoms with Crippen LogP contribution in [0.4, 0.5) is 10.5 Å². The highest BCUT2D eigenvalue weighted by Gasteiger charge is 2.44. The van der Waals surface area contributed by atoms with E-state index in [2.05, 4.69) is 10.6 Å². The minimum absolute atomic E-state index is 0.0278. The molecule has 1 aromatic rings. The number of hydrogen-bond donors (Lipinski definition) is 2. The van der Waals surface area contributed by atoms with Gasteiger partial charge in [0.25, 0.3) is 11.8 Å². The number of amides is 4. The summed E-state index contributed by atoms with van der Waals surface area (Å²) < 4.78 is 10.9. The van der Waals surface area contributed by atoms with E-state index in [9.17, 15) is 14.4 Å². The number of hydrogen-bond acceptors (Lipinski definition) is 5. The lowest BCUT2D eigenvalue weighted by atomic mass is 10.1. The largest absolute Gasteiger partial charge is 0.376 e. The molecular formula is C18H21N3O5. The second-order valence-electron chi connectivity index (χ2n) is 6.71. The molecule has 2 N–H and O–H groups in total. The monoisotopic (exact) mass is 359 g/mol. The molecule has 0 spiro atoms. The normalized spacial score (nSPS) is 24.7. The van der Waals surface area contributed by atoms with Crippen molar-refractivity contribution in [1.29, 1.82) is 0 Å². The second kappa shape index (κ2) is 6.69. The van der Waals surface area contributed by atoms with E-state index >= 15 is 0 Å². The average Bonchev–Trinajstić information content (AvgIpc) is 3.30. The molecule has 2 atom stereocenters. The topological polar surface area (TPSA) is 97.0 Å². The van der Waals surface area contributed by atoms with Crippen LogP contribution in [-0.4, -0.2) is 60.8 Å². The number of ether oxygens (including phenoxy) is 2. The first-order valence-electron chi connectivity index (χ1n) is 8.87. The molecule has 4 rings (SSSR count). The van der Waals surface area contributed by atoms with Crippen molar-refractivity contribution in [2.75, 3.05) is 25.1 Å². The lowest BCUT2D eigenvalue weighted by molar-refractivity contribution is 0.0428. The maximum Gasteiger partial charge on any atom is 0.319 e. The summed E-state index contributed by atoms with van der Waals surface area (Å²) in [6, 6.07) is 4.18. The highest BCUT2D eigenvalue weighted by atomic mass is 16.5. The number of nitrogens with one attached hydrogen (secondary N) is 2. The smallest absolute Gasteiger partial charge is 0.319 e. The molecule has 1 aliphatic carbocycles. The molecule has 2 fully saturated rings. The SMILES string of the molecule is CCO[C@H]1COC[C@@H]1NC(=O)Nc1ccc2c(c1)C(=O)N(C1CC1)C2=O. The molecule has 26 heavy (non-hydrogen) atoms. The molecule has 0 bridgehead atoms. The Morgan fingerprint density at radius 3 is 2.73 bits per heavy atom. The van der Waals surface area contributed by atoms with Crippen molar-refractivity contribution in [1.82, 2.24) is 10.2 Å². The summed E-state index contributed by atoms with van der Waals surface area (Å²) >= 11 is 0. The Kier molecular flexibility index (Phi) is 4.37. The van der Waals surface area contributed by atoms with Crippen molar-refractivity contribution in [3.8, 4) is 0 Å². The number of anilines is 1. The van der Waals surface area contributed by atoms with Crippen LogP contribution in [0.2, 0.25) is 0 Å². The first-order valence-corrected chi connectivity index (χ1v) is 8.87. The van der Waals surface area contributed by atoms with Gasteiger partial charge in [0.15, 0.2) is 0 Å². The molecule has 1 aromatic carbocycles. The van der Waals surface area contributed by atoms with Crippen LogP contribution in [0.1, 0.15) is 40.5 Å². The van der Waals surface area contributed by atoms with Crippen LogP contribution in [0, 0.1) is 0 Å². The predicted molar refractivity (Wildman–Crippen MR) is 92.1 cm³/mol. The molecule has 3 aliphatic rings. The van der Waals surface area contributed by atoms with Crippen molar-refractivity contribution in [3.63, 3.8) is 0 Å². The summed E-state index contributed by atoms with van der Waals surface area (Å²) in [5, 5.41) is 5.54. The fourth-order valence-corrected chi connectivity index (χ4v) is 3.38. The van der Waals surface area contributed by atoms with Crippen LogP contribution in [0.15, 0.2) is 18.2 Å². The fourth-order valence-electron chi connectivity index (χ4n) is 3.38. The van der Waals surface area contributed by atoms with Crippen LogP contribution >= 0.6 is 0 Å². The number of benzene rings is 1. The Labute approximate surface area is 150 Å². The van der Waals surface area contributed by atoms with E-state index in [0.717, 1.165) is 12.8 Å². The van der Waals surface area contributed by atoms with Crippen LogP contribution < -0.4 is 10.6 Å². The zero-order valence-corrected chi connectivity index (χ0v) is 14.5. The zero-order valence-electron chi connectivity index (χ0n) is 14.5. The molecule has 0 radical (unpaired) electrons. The molecule has 1 saturated heterocycles. The molecule has 8 nitrogen and oxygen atoms in total. The summed E-state index contributed by atoms with van der Waals surface area (Å²) in [6.45, 7) is 3.28. The van der Waals surface area contributed by atoms with E-state index < -0.39 is 6.03 Å². The number of carbonyl (C=O) groups is 3. The molecule has 2 aliphatic heterocycles. The van der Waals surface area contributed by atoms with Gasteiger partial charge in [0, 0.05) is 18.3 Å². The lowest BCUT2D eigenvalue weighted by Gasteiger charge is -2.19. The van der Waals surface area contributed by atoms with Crippen LogP contribution in [0.5, 0.6) is 0 Å². The molecule has 8 heteroatoms. The molecule has 1 saturated carbocycles. The van der Waals surface area contributed by atoms with Gasteiger partial charge in [-0.1, -0.05) is 0 Å². The van der Waals surface area contributed by atoms with Crippen LogP contribution in [0.25, 0.3) is 0 Å². The minimum Gasteiger partial charge on any atom is -0.376 e. The Bertz CT molecular complexity index is 761. The fraction of sp³-hybridized carbons (Fsp3) is 0.500. The molecule has 4 amide bonds. The van der Waals surface area contributed by atoms with E-state index in [4.69, 9.17) is 9.47 Å². The second-order valence-corrected chi connectivity index (χ2v) is 6.71. The van der Waals surface area contributed by atoms with Gasteiger partial charge >= 0.3 is 6.03 Å². The van der Waals surface area contributed by atoms with Crippen molar-refractivity contribution >= 4 is 23.5 Å². The molecular weight excluding hydrogens is 338 g/mol. The number of nitrogens with zero attached hydrogens (tertiary/aromatic N) is 1. The van der Waals surface area contributed by atoms with Gasteiger partial charge in [-0.05, 0) is 38.0 Å². The van der Waals surface area contributed by atoms with Gasteiger partial charge in [-0.2, -0.15) is 0 Å². The van der Waals surface area contributed by atoms with Crippen molar-refractivity contribution in [2.24, 2.45) is 0 Å². The zero-order chi connectivity index (χ0) is 18.3. The van der Waals surface area contributed by atoms with E-state index in [1.165, 1.54) is 4.90 Å². The first-order chi connectivity index (χ1) is 12.6. The summed E-state index contributed by atoms with van der Waals surface area (Å²) in [5.41, 5.74) is 1.21. The molecule has 138 valence electrons. The van der Waals surface area contributed by atoms with Gasteiger partial charge in [-0.15, -0.1) is 0 Å². The number of imide groups is 1. The number of rotatable bonds is 5. The van der Waals surface area contributed by atoms with Gasteiger partial charge in [0.2, 0.25) is 0 Å². The number of urea groups is 1. The Hall–Kier alpha value is -2.45. The summed E-state index contributed by atoms with van der Waals surface area (Å²) in [4.78, 5) is 38.4. The van der Waals surface area contributed by atoms with E-state index in [-0.39, 0.29) is 30.0 Å². The van der Waals surface area contributed by atoms with Gasteiger partial charge in [0.1, 0.15) is 6.10 Å².